The molecule has 1 N–H and O–H groups in total. The van der Waals surface area contributed by atoms with Gasteiger partial charge in [-0.2, -0.15) is 0 Å². The third kappa shape index (κ3) is 1.75. The average molecular weight is 282 g/mol. The molecule has 106 valence electrons. The smallest absolute Gasteiger partial charge is 0.356 e. The summed E-state index contributed by atoms with van der Waals surface area (Å²) in [5.41, 5.74) is 2.96. The van der Waals surface area contributed by atoms with Crippen molar-refractivity contribution in [3.63, 3.8) is 0 Å². The SMILES string of the molecule is O=C(O)c1c(-n2cnc3c2CCCC3)nc2ccccn12. The molecule has 0 aliphatic heterocycles. The third-order valence-electron chi connectivity index (χ3n) is 3.97. The molecule has 0 amide bonds. The zero-order valence-corrected chi connectivity index (χ0v) is 11.4. The van der Waals surface area contributed by atoms with E-state index in [1.807, 2.05) is 10.6 Å². The lowest BCUT2D eigenvalue weighted by molar-refractivity contribution is 0.0689. The van der Waals surface area contributed by atoms with Crippen LogP contribution < -0.4 is 0 Å². The van der Waals surface area contributed by atoms with Crippen LogP contribution in [0.3, 0.4) is 0 Å². The molecule has 21 heavy (non-hydrogen) atoms. The fraction of sp³-hybridized carbons (Fsp3) is 0.267. The summed E-state index contributed by atoms with van der Waals surface area (Å²) in [6.45, 7) is 0. The van der Waals surface area contributed by atoms with Crippen LogP contribution in [0.15, 0.2) is 30.7 Å². The van der Waals surface area contributed by atoms with Crippen molar-refractivity contribution in [1.82, 2.24) is 18.9 Å². The van der Waals surface area contributed by atoms with Crippen molar-refractivity contribution in [3.8, 4) is 5.82 Å². The summed E-state index contributed by atoms with van der Waals surface area (Å²) in [5.74, 6) is -0.536. The van der Waals surface area contributed by atoms with Gasteiger partial charge in [-0.15, -0.1) is 0 Å². The van der Waals surface area contributed by atoms with E-state index in [1.165, 1.54) is 0 Å². The molecule has 6 nitrogen and oxygen atoms in total. The quantitative estimate of drug-likeness (QED) is 0.781. The predicted octanol–water partition coefficient (Wildman–Crippen LogP) is 2.10. The number of hydrogen-bond donors (Lipinski definition) is 1. The predicted molar refractivity (Wildman–Crippen MR) is 75.9 cm³/mol. The highest BCUT2D eigenvalue weighted by Gasteiger charge is 2.24. The number of imidazole rings is 2. The lowest BCUT2D eigenvalue weighted by atomic mass is 10.0. The Kier molecular flexibility index (Phi) is 2.57. The highest BCUT2D eigenvalue weighted by Crippen LogP contribution is 2.25. The lowest BCUT2D eigenvalue weighted by Crippen LogP contribution is -2.11. The van der Waals surface area contributed by atoms with Crippen molar-refractivity contribution in [2.24, 2.45) is 0 Å². The highest BCUT2D eigenvalue weighted by atomic mass is 16.4. The Hall–Kier alpha value is -2.63. The summed E-state index contributed by atoms with van der Waals surface area (Å²) < 4.78 is 3.44. The first-order valence-electron chi connectivity index (χ1n) is 7.01. The van der Waals surface area contributed by atoms with E-state index in [9.17, 15) is 9.90 Å². The van der Waals surface area contributed by atoms with Crippen molar-refractivity contribution >= 4 is 11.6 Å². The van der Waals surface area contributed by atoms with Crippen molar-refractivity contribution in [2.45, 2.75) is 25.7 Å². The van der Waals surface area contributed by atoms with Gasteiger partial charge in [-0.3, -0.25) is 8.97 Å². The number of carbonyl (C=O) groups is 1. The molecule has 6 heteroatoms. The zero-order valence-electron chi connectivity index (χ0n) is 11.4. The number of pyridine rings is 1. The third-order valence-corrected chi connectivity index (χ3v) is 3.97. The van der Waals surface area contributed by atoms with Gasteiger partial charge in [0.2, 0.25) is 0 Å². The first-order valence-corrected chi connectivity index (χ1v) is 7.01. The van der Waals surface area contributed by atoms with Crippen LogP contribution in [0, 0.1) is 0 Å². The van der Waals surface area contributed by atoms with Crippen LogP contribution in [0.25, 0.3) is 11.5 Å². The van der Waals surface area contributed by atoms with Crippen LogP contribution in [0.5, 0.6) is 0 Å². The van der Waals surface area contributed by atoms with Gasteiger partial charge in [0.25, 0.3) is 0 Å². The topological polar surface area (TPSA) is 72.4 Å². The van der Waals surface area contributed by atoms with E-state index >= 15 is 0 Å². The van der Waals surface area contributed by atoms with Gasteiger partial charge in [-0.25, -0.2) is 14.8 Å². The number of fused-ring (bicyclic) bond motifs is 2. The fourth-order valence-electron chi connectivity index (χ4n) is 3.00. The molecule has 0 unspecified atom stereocenters. The van der Waals surface area contributed by atoms with Crippen LogP contribution in [0.4, 0.5) is 0 Å². The summed E-state index contributed by atoms with van der Waals surface area (Å²) in [6.07, 6.45) is 7.54. The molecule has 4 rings (SSSR count). The molecule has 3 aromatic rings. The number of aromatic nitrogens is 4. The summed E-state index contributed by atoms with van der Waals surface area (Å²) in [4.78, 5) is 20.6. The van der Waals surface area contributed by atoms with E-state index < -0.39 is 5.97 Å². The molecule has 1 aliphatic carbocycles. The Balaban J connectivity index is 2.00. The van der Waals surface area contributed by atoms with Crippen molar-refractivity contribution in [3.05, 3.63) is 47.8 Å². The number of carboxylic acids is 1. The maximum Gasteiger partial charge on any atom is 0.356 e. The van der Waals surface area contributed by atoms with Crippen LogP contribution in [-0.4, -0.2) is 30.0 Å². The molecule has 0 radical (unpaired) electrons. The Morgan fingerprint density at radius 1 is 1.24 bits per heavy atom. The van der Waals surface area contributed by atoms with Crippen LogP contribution in [0.2, 0.25) is 0 Å². The van der Waals surface area contributed by atoms with Crippen LogP contribution >= 0.6 is 0 Å². The number of carboxylic acid groups (broad SMARTS) is 1. The fourth-order valence-corrected chi connectivity index (χ4v) is 3.00. The molecule has 0 atom stereocenters. The Morgan fingerprint density at radius 3 is 2.95 bits per heavy atom. The summed E-state index contributed by atoms with van der Waals surface area (Å²) >= 11 is 0. The molecule has 3 aromatic heterocycles. The Morgan fingerprint density at radius 2 is 2.10 bits per heavy atom. The van der Waals surface area contributed by atoms with Gasteiger partial charge in [-0.1, -0.05) is 6.07 Å². The van der Waals surface area contributed by atoms with E-state index in [1.54, 1.807) is 29.1 Å². The van der Waals surface area contributed by atoms with Crippen LogP contribution in [0.1, 0.15) is 34.7 Å². The molecule has 0 fully saturated rings. The second kappa shape index (κ2) is 4.44. The summed E-state index contributed by atoms with van der Waals surface area (Å²) in [5, 5.41) is 9.56. The van der Waals surface area contributed by atoms with Crippen LogP contribution in [-0.2, 0) is 12.8 Å². The minimum Gasteiger partial charge on any atom is -0.476 e. The van der Waals surface area contributed by atoms with Gasteiger partial charge < -0.3 is 5.11 Å². The molecule has 0 saturated carbocycles. The molecule has 1 aliphatic rings. The normalized spacial score (nSPS) is 14.3. The minimum absolute atomic E-state index is 0.177. The Bertz CT molecular complexity index is 847. The number of aromatic carboxylic acids is 1. The van der Waals surface area contributed by atoms with Gasteiger partial charge in [-0.05, 0) is 37.8 Å². The summed E-state index contributed by atoms with van der Waals surface area (Å²) in [7, 11) is 0. The molecular formula is C15H14N4O2. The molecule has 3 heterocycles. The average Bonchev–Trinajstić information content (AvgIpc) is 3.08. The Labute approximate surface area is 120 Å². The monoisotopic (exact) mass is 282 g/mol. The number of nitrogens with zero attached hydrogens (tertiary/aromatic N) is 4. The van der Waals surface area contributed by atoms with Gasteiger partial charge in [0, 0.05) is 11.9 Å². The van der Waals surface area contributed by atoms with Gasteiger partial charge in [0.15, 0.2) is 11.5 Å². The van der Waals surface area contributed by atoms with E-state index in [0.29, 0.717) is 11.5 Å². The van der Waals surface area contributed by atoms with E-state index in [0.717, 1.165) is 37.1 Å². The zero-order chi connectivity index (χ0) is 14.4. The molecule has 0 bridgehead atoms. The molecule has 0 aromatic carbocycles. The van der Waals surface area contributed by atoms with E-state index in [2.05, 4.69) is 9.97 Å². The summed E-state index contributed by atoms with van der Waals surface area (Å²) in [6, 6.07) is 5.45. The lowest BCUT2D eigenvalue weighted by Gasteiger charge is -2.12. The largest absolute Gasteiger partial charge is 0.476 e. The van der Waals surface area contributed by atoms with E-state index in [4.69, 9.17) is 0 Å². The highest BCUT2D eigenvalue weighted by molar-refractivity contribution is 5.90. The number of aryl methyl sites for hydroxylation is 1. The molecular weight excluding hydrogens is 268 g/mol. The second-order valence-corrected chi connectivity index (χ2v) is 5.23. The number of rotatable bonds is 2. The maximum absolute atomic E-state index is 11.7. The van der Waals surface area contributed by atoms with Gasteiger partial charge in [0.1, 0.15) is 12.0 Å². The standard InChI is InChI=1S/C15H14N4O2/c20-15(21)13-14(17-12-7-3-4-8-18(12)13)19-9-16-10-5-1-2-6-11(10)19/h3-4,7-9H,1-2,5-6H2,(H,20,21). The first kappa shape index (κ1) is 12.1. The van der Waals surface area contributed by atoms with Crippen molar-refractivity contribution in [2.75, 3.05) is 0 Å². The minimum atomic E-state index is -0.984. The van der Waals surface area contributed by atoms with Crippen molar-refractivity contribution < 1.29 is 9.90 Å². The number of hydrogen-bond acceptors (Lipinski definition) is 3. The van der Waals surface area contributed by atoms with E-state index in [-0.39, 0.29) is 5.69 Å². The van der Waals surface area contributed by atoms with Crippen molar-refractivity contribution in [1.29, 1.82) is 0 Å². The first-order chi connectivity index (χ1) is 10.3. The molecule has 0 saturated heterocycles. The second-order valence-electron chi connectivity index (χ2n) is 5.23. The maximum atomic E-state index is 11.7. The van der Waals surface area contributed by atoms with Gasteiger partial charge in [0.05, 0.1) is 5.69 Å². The molecule has 0 spiro atoms. The van der Waals surface area contributed by atoms with Gasteiger partial charge >= 0.3 is 5.97 Å².